The minimum Gasteiger partial charge on any atom is -0.354 e. The van der Waals surface area contributed by atoms with Crippen LogP contribution in [0.25, 0.3) is 0 Å². The second kappa shape index (κ2) is 7.41. The molecule has 20 heavy (non-hydrogen) atoms. The molecule has 1 aliphatic heterocycles. The van der Waals surface area contributed by atoms with Gasteiger partial charge in [0.25, 0.3) is 0 Å². The molecule has 110 valence electrons. The molecule has 4 heteroatoms. The van der Waals surface area contributed by atoms with E-state index in [-0.39, 0.29) is 5.91 Å². The Morgan fingerprint density at radius 3 is 2.90 bits per heavy atom. The number of rotatable bonds is 5. The average Bonchev–Trinajstić information content (AvgIpc) is 2.46. The highest BCUT2D eigenvalue weighted by atomic mass is 16.2. The predicted molar refractivity (Wildman–Crippen MR) is 81.8 cm³/mol. The van der Waals surface area contributed by atoms with Crippen molar-refractivity contribution in [1.82, 2.24) is 15.5 Å². The predicted octanol–water partition coefficient (Wildman–Crippen LogP) is 1.20. The molecule has 2 N–H and O–H groups in total. The van der Waals surface area contributed by atoms with Crippen molar-refractivity contribution in [3.63, 3.8) is 0 Å². The van der Waals surface area contributed by atoms with Gasteiger partial charge in [-0.15, -0.1) is 0 Å². The molecule has 0 aliphatic carbocycles. The number of hydrogen-bond acceptors (Lipinski definition) is 3. The van der Waals surface area contributed by atoms with Gasteiger partial charge in [0.15, 0.2) is 0 Å². The van der Waals surface area contributed by atoms with Crippen molar-refractivity contribution < 1.29 is 4.79 Å². The van der Waals surface area contributed by atoms with Crippen molar-refractivity contribution in [3.05, 3.63) is 35.9 Å². The fourth-order valence-electron chi connectivity index (χ4n) is 2.58. The standard InChI is InChI=1S/C16H25N3O/c1-13(15-6-4-3-5-7-15)10-18-16(20)12-19-9-8-17-14(2)11-19/h3-7,13-14,17H,8-12H2,1-2H3,(H,18,20). The Balaban J connectivity index is 1.72. The third kappa shape index (κ3) is 4.62. The molecule has 1 amide bonds. The molecule has 1 saturated heterocycles. The van der Waals surface area contributed by atoms with Crippen molar-refractivity contribution in [3.8, 4) is 0 Å². The molecule has 0 saturated carbocycles. The monoisotopic (exact) mass is 275 g/mol. The Hall–Kier alpha value is -1.39. The van der Waals surface area contributed by atoms with Gasteiger partial charge in [-0.3, -0.25) is 9.69 Å². The summed E-state index contributed by atoms with van der Waals surface area (Å²) in [6.45, 7) is 8.37. The summed E-state index contributed by atoms with van der Waals surface area (Å²) in [5.41, 5.74) is 1.27. The summed E-state index contributed by atoms with van der Waals surface area (Å²) in [4.78, 5) is 14.2. The lowest BCUT2D eigenvalue weighted by atomic mass is 10.0. The fourth-order valence-corrected chi connectivity index (χ4v) is 2.58. The van der Waals surface area contributed by atoms with E-state index in [1.54, 1.807) is 0 Å². The number of piperazine rings is 1. The summed E-state index contributed by atoms with van der Waals surface area (Å²) in [7, 11) is 0. The maximum Gasteiger partial charge on any atom is 0.234 e. The van der Waals surface area contributed by atoms with Crippen LogP contribution in [0.1, 0.15) is 25.3 Å². The molecule has 0 aromatic heterocycles. The zero-order valence-corrected chi connectivity index (χ0v) is 12.4. The maximum absolute atomic E-state index is 12.0. The highest BCUT2D eigenvalue weighted by Crippen LogP contribution is 2.12. The molecule has 1 heterocycles. The third-order valence-corrected chi connectivity index (χ3v) is 3.79. The van der Waals surface area contributed by atoms with E-state index >= 15 is 0 Å². The summed E-state index contributed by atoms with van der Waals surface area (Å²) in [5, 5.41) is 6.43. The number of nitrogens with zero attached hydrogens (tertiary/aromatic N) is 1. The molecule has 0 radical (unpaired) electrons. The minimum absolute atomic E-state index is 0.127. The molecular formula is C16H25N3O. The van der Waals surface area contributed by atoms with Crippen molar-refractivity contribution in [2.24, 2.45) is 0 Å². The summed E-state index contributed by atoms with van der Waals surface area (Å²) >= 11 is 0. The van der Waals surface area contributed by atoms with Crippen LogP contribution in [0, 0.1) is 0 Å². The summed E-state index contributed by atoms with van der Waals surface area (Å²) in [6.07, 6.45) is 0. The molecule has 1 aromatic rings. The molecule has 1 fully saturated rings. The Morgan fingerprint density at radius 1 is 1.45 bits per heavy atom. The smallest absolute Gasteiger partial charge is 0.234 e. The van der Waals surface area contributed by atoms with Crippen LogP contribution in [-0.2, 0) is 4.79 Å². The van der Waals surface area contributed by atoms with Gasteiger partial charge in [0, 0.05) is 32.2 Å². The average molecular weight is 275 g/mol. The lowest BCUT2D eigenvalue weighted by Crippen LogP contribution is -2.52. The van der Waals surface area contributed by atoms with Crippen molar-refractivity contribution >= 4 is 5.91 Å². The van der Waals surface area contributed by atoms with E-state index in [4.69, 9.17) is 0 Å². The lowest BCUT2D eigenvalue weighted by Gasteiger charge is -2.31. The van der Waals surface area contributed by atoms with Crippen LogP contribution in [0.3, 0.4) is 0 Å². The van der Waals surface area contributed by atoms with E-state index in [1.807, 2.05) is 18.2 Å². The second-order valence-electron chi connectivity index (χ2n) is 5.71. The molecular weight excluding hydrogens is 250 g/mol. The van der Waals surface area contributed by atoms with Crippen LogP contribution in [0.5, 0.6) is 0 Å². The molecule has 0 bridgehead atoms. The summed E-state index contributed by atoms with van der Waals surface area (Å²) < 4.78 is 0. The number of nitrogens with one attached hydrogen (secondary N) is 2. The van der Waals surface area contributed by atoms with Crippen LogP contribution in [0.2, 0.25) is 0 Å². The van der Waals surface area contributed by atoms with E-state index in [0.717, 1.165) is 19.6 Å². The molecule has 0 spiro atoms. The van der Waals surface area contributed by atoms with Gasteiger partial charge in [0.1, 0.15) is 0 Å². The topological polar surface area (TPSA) is 44.4 Å². The highest BCUT2D eigenvalue weighted by molar-refractivity contribution is 5.78. The number of benzene rings is 1. The van der Waals surface area contributed by atoms with Crippen molar-refractivity contribution in [1.29, 1.82) is 0 Å². The molecule has 2 unspecified atom stereocenters. The van der Waals surface area contributed by atoms with Gasteiger partial charge < -0.3 is 10.6 Å². The van der Waals surface area contributed by atoms with Crippen molar-refractivity contribution in [2.45, 2.75) is 25.8 Å². The van der Waals surface area contributed by atoms with Gasteiger partial charge in [-0.25, -0.2) is 0 Å². The van der Waals surface area contributed by atoms with E-state index in [0.29, 0.717) is 25.0 Å². The Kier molecular flexibility index (Phi) is 5.56. The minimum atomic E-state index is 0.127. The van der Waals surface area contributed by atoms with Crippen LogP contribution in [0.15, 0.2) is 30.3 Å². The second-order valence-corrected chi connectivity index (χ2v) is 5.71. The van der Waals surface area contributed by atoms with Crippen LogP contribution in [0.4, 0.5) is 0 Å². The normalized spacial score (nSPS) is 21.4. The van der Waals surface area contributed by atoms with Gasteiger partial charge in [-0.1, -0.05) is 37.3 Å². The van der Waals surface area contributed by atoms with Gasteiger partial charge >= 0.3 is 0 Å². The summed E-state index contributed by atoms with van der Waals surface area (Å²) in [6, 6.07) is 10.8. The first kappa shape index (κ1) is 15.0. The molecule has 1 aromatic carbocycles. The molecule has 2 rings (SSSR count). The first-order valence-corrected chi connectivity index (χ1v) is 7.42. The van der Waals surface area contributed by atoms with E-state index < -0.39 is 0 Å². The largest absolute Gasteiger partial charge is 0.354 e. The Bertz CT molecular complexity index is 421. The van der Waals surface area contributed by atoms with Crippen molar-refractivity contribution in [2.75, 3.05) is 32.7 Å². The first-order chi connectivity index (χ1) is 9.65. The third-order valence-electron chi connectivity index (χ3n) is 3.79. The number of amides is 1. The number of hydrogen-bond donors (Lipinski definition) is 2. The van der Waals surface area contributed by atoms with Crippen LogP contribution in [-0.4, -0.2) is 49.6 Å². The van der Waals surface area contributed by atoms with E-state index in [9.17, 15) is 4.79 Å². The zero-order chi connectivity index (χ0) is 14.4. The van der Waals surface area contributed by atoms with E-state index in [2.05, 4.69) is 41.5 Å². The fraction of sp³-hybridized carbons (Fsp3) is 0.562. The van der Waals surface area contributed by atoms with Gasteiger partial charge in [0.05, 0.1) is 6.54 Å². The quantitative estimate of drug-likeness (QED) is 0.849. The van der Waals surface area contributed by atoms with E-state index in [1.165, 1.54) is 5.56 Å². The lowest BCUT2D eigenvalue weighted by molar-refractivity contribution is -0.122. The SMILES string of the molecule is CC1CN(CC(=O)NCC(C)c2ccccc2)CCN1. The molecule has 2 atom stereocenters. The Morgan fingerprint density at radius 2 is 2.20 bits per heavy atom. The molecule has 1 aliphatic rings. The van der Waals surface area contributed by atoms with Crippen LogP contribution >= 0.6 is 0 Å². The Labute approximate surface area is 121 Å². The van der Waals surface area contributed by atoms with Gasteiger partial charge in [0.2, 0.25) is 5.91 Å². The van der Waals surface area contributed by atoms with Gasteiger partial charge in [-0.05, 0) is 18.4 Å². The van der Waals surface area contributed by atoms with Crippen LogP contribution < -0.4 is 10.6 Å². The van der Waals surface area contributed by atoms with Gasteiger partial charge in [-0.2, -0.15) is 0 Å². The summed E-state index contributed by atoms with van der Waals surface area (Å²) in [5.74, 6) is 0.476. The zero-order valence-electron chi connectivity index (χ0n) is 12.4. The first-order valence-electron chi connectivity index (χ1n) is 7.42. The number of carbonyl (C=O) groups excluding carboxylic acids is 1. The number of carbonyl (C=O) groups is 1. The highest BCUT2D eigenvalue weighted by Gasteiger charge is 2.18. The molecule has 4 nitrogen and oxygen atoms in total. The maximum atomic E-state index is 12.0.